The largest absolute Gasteiger partial charge is 0.469 e. The number of phosphoric acid groups is 1. The molecule has 0 spiro atoms. The smallest absolute Gasteiger partial charge is 0.303 e. The molecule has 0 atom stereocenters. The van der Waals surface area contributed by atoms with Crippen LogP contribution < -0.4 is 0 Å². The Labute approximate surface area is 264 Å². The highest BCUT2D eigenvalue weighted by molar-refractivity contribution is 7.46. The lowest BCUT2D eigenvalue weighted by atomic mass is 10.1. The molecular formula is C36H76NO4P. The van der Waals surface area contributed by atoms with Gasteiger partial charge in [0.1, 0.15) is 0 Å². The molecule has 5 nitrogen and oxygen atoms in total. The standard InChI is InChI=1S/C36H76NO4P/c1-3-5-7-9-11-13-17-21-25-29-33-37(34-30-26-22-18-14-12-10-8-6-4-2)35-31-27-23-19-15-16-20-24-28-32-36-41-42(38,39)40/h3-36H2,1-2H3,(H2,38,39,40). The maximum absolute atomic E-state index is 10.7. The predicted molar refractivity (Wildman–Crippen MR) is 184 cm³/mol. The molecule has 254 valence electrons. The molecule has 42 heavy (non-hydrogen) atoms. The summed E-state index contributed by atoms with van der Waals surface area (Å²) in [6.07, 6.45) is 40.5. The van der Waals surface area contributed by atoms with Gasteiger partial charge in [0.15, 0.2) is 0 Å². The molecule has 0 bridgehead atoms. The second kappa shape index (κ2) is 34.0. The molecule has 0 aromatic rings. The van der Waals surface area contributed by atoms with Gasteiger partial charge in [-0.05, 0) is 45.3 Å². The van der Waals surface area contributed by atoms with E-state index in [0.29, 0.717) is 0 Å². The highest BCUT2D eigenvalue weighted by Crippen LogP contribution is 2.35. The topological polar surface area (TPSA) is 70.0 Å². The molecule has 0 heterocycles. The van der Waals surface area contributed by atoms with Crippen molar-refractivity contribution in [3.05, 3.63) is 0 Å². The minimum atomic E-state index is -4.29. The second-order valence-corrected chi connectivity index (χ2v) is 14.3. The lowest BCUT2D eigenvalue weighted by Crippen LogP contribution is -2.27. The number of nitrogens with zero attached hydrogens (tertiary/aromatic N) is 1. The number of hydrogen-bond acceptors (Lipinski definition) is 3. The fourth-order valence-corrected chi connectivity index (χ4v) is 6.38. The highest BCUT2D eigenvalue weighted by Gasteiger charge is 2.12. The van der Waals surface area contributed by atoms with Gasteiger partial charge in [0.2, 0.25) is 0 Å². The van der Waals surface area contributed by atoms with Gasteiger partial charge in [-0.15, -0.1) is 0 Å². The van der Waals surface area contributed by atoms with E-state index < -0.39 is 7.82 Å². The minimum absolute atomic E-state index is 0.166. The molecule has 0 unspecified atom stereocenters. The van der Waals surface area contributed by atoms with Gasteiger partial charge in [0.25, 0.3) is 0 Å². The molecule has 0 amide bonds. The van der Waals surface area contributed by atoms with Crippen molar-refractivity contribution in [3.8, 4) is 0 Å². The Morgan fingerprint density at radius 3 is 0.905 bits per heavy atom. The van der Waals surface area contributed by atoms with Crippen LogP contribution in [0.25, 0.3) is 0 Å². The Bertz CT molecular complexity index is 533. The first-order valence-corrected chi connectivity index (χ1v) is 20.4. The van der Waals surface area contributed by atoms with E-state index in [2.05, 4.69) is 23.3 Å². The normalized spacial score (nSPS) is 12.1. The quantitative estimate of drug-likeness (QED) is 0.0540. The average molecular weight is 618 g/mol. The lowest BCUT2D eigenvalue weighted by Gasteiger charge is -2.22. The first-order valence-electron chi connectivity index (χ1n) is 18.9. The molecule has 6 heteroatoms. The average Bonchev–Trinajstić information content (AvgIpc) is 2.96. The molecule has 0 aliphatic rings. The maximum atomic E-state index is 10.7. The van der Waals surface area contributed by atoms with Gasteiger partial charge in [0, 0.05) is 0 Å². The fraction of sp³-hybridized carbons (Fsp3) is 1.00. The summed E-state index contributed by atoms with van der Waals surface area (Å²) in [4.78, 5) is 20.2. The van der Waals surface area contributed by atoms with Crippen molar-refractivity contribution in [1.82, 2.24) is 4.90 Å². The van der Waals surface area contributed by atoms with Gasteiger partial charge >= 0.3 is 7.82 Å². The Balaban J connectivity index is 3.89. The van der Waals surface area contributed by atoms with Crippen LogP contribution in [-0.2, 0) is 9.09 Å². The molecule has 0 saturated carbocycles. The van der Waals surface area contributed by atoms with Crippen LogP contribution in [0.3, 0.4) is 0 Å². The zero-order valence-electron chi connectivity index (χ0n) is 28.6. The van der Waals surface area contributed by atoms with Crippen LogP contribution in [0.2, 0.25) is 0 Å². The summed E-state index contributed by atoms with van der Waals surface area (Å²) in [5.41, 5.74) is 0. The molecule has 0 fully saturated rings. The molecule has 0 radical (unpaired) electrons. The summed E-state index contributed by atoms with van der Waals surface area (Å²) in [6.45, 7) is 8.69. The van der Waals surface area contributed by atoms with E-state index in [1.807, 2.05) is 0 Å². The van der Waals surface area contributed by atoms with E-state index in [1.54, 1.807) is 0 Å². The van der Waals surface area contributed by atoms with Crippen molar-refractivity contribution in [3.63, 3.8) is 0 Å². The van der Waals surface area contributed by atoms with Crippen molar-refractivity contribution in [2.45, 2.75) is 206 Å². The SMILES string of the molecule is CCCCCCCCCCCCN(CCCCCCCCCCCC)CCCCCCCCCCCCOP(=O)(O)O. The second-order valence-electron chi connectivity index (χ2n) is 13.1. The third-order valence-electron chi connectivity index (χ3n) is 8.78. The summed E-state index contributed by atoms with van der Waals surface area (Å²) in [6, 6.07) is 0. The minimum Gasteiger partial charge on any atom is -0.303 e. The third-order valence-corrected chi connectivity index (χ3v) is 9.30. The zero-order valence-corrected chi connectivity index (χ0v) is 29.5. The van der Waals surface area contributed by atoms with Crippen molar-refractivity contribution in [2.75, 3.05) is 26.2 Å². The Hall–Kier alpha value is 0.0700. The number of unbranched alkanes of at least 4 members (excludes halogenated alkanes) is 27. The Kier molecular flexibility index (Phi) is 34.0. The molecule has 0 saturated heterocycles. The van der Waals surface area contributed by atoms with E-state index >= 15 is 0 Å². The zero-order chi connectivity index (χ0) is 30.8. The van der Waals surface area contributed by atoms with Crippen LogP contribution in [0.15, 0.2) is 0 Å². The van der Waals surface area contributed by atoms with Crippen molar-refractivity contribution in [2.24, 2.45) is 0 Å². The molecular weight excluding hydrogens is 541 g/mol. The lowest BCUT2D eigenvalue weighted by molar-refractivity contribution is 0.193. The van der Waals surface area contributed by atoms with Gasteiger partial charge in [-0.3, -0.25) is 4.52 Å². The van der Waals surface area contributed by atoms with Crippen molar-refractivity contribution >= 4 is 7.82 Å². The van der Waals surface area contributed by atoms with Gasteiger partial charge in [-0.1, -0.05) is 181 Å². The van der Waals surface area contributed by atoms with Crippen LogP contribution in [0.1, 0.15) is 206 Å². The van der Waals surface area contributed by atoms with E-state index in [0.717, 1.165) is 19.3 Å². The fourth-order valence-electron chi connectivity index (χ4n) is 6.02. The molecule has 0 rings (SSSR count). The van der Waals surface area contributed by atoms with E-state index in [-0.39, 0.29) is 6.61 Å². The molecule has 0 aromatic carbocycles. The highest BCUT2D eigenvalue weighted by atomic mass is 31.2. The number of rotatable bonds is 36. The van der Waals surface area contributed by atoms with Gasteiger partial charge in [-0.2, -0.15) is 0 Å². The Morgan fingerprint density at radius 1 is 0.405 bits per heavy atom. The van der Waals surface area contributed by atoms with Gasteiger partial charge < -0.3 is 14.7 Å². The summed E-state index contributed by atoms with van der Waals surface area (Å²) < 4.78 is 15.2. The molecule has 2 N–H and O–H groups in total. The van der Waals surface area contributed by atoms with E-state index in [1.165, 1.54) is 193 Å². The predicted octanol–water partition coefficient (Wildman–Crippen LogP) is 12.1. The molecule has 0 aromatic heterocycles. The first-order chi connectivity index (χ1) is 20.5. The van der Waals surface area contributed by atoms with Crippen LogP contribution in [0.5, 0.6) is 0 Å². The first kappa shape index (κ1) is 42.1. The van der Waals surface area contributed by atoms with Gasteiger partial charge in [0.05, 0.1) is 6.61 Å². The monoisotopic (exact) mass is 618 g/mol. The van der Waals surface area contributed by atoms with Crippen molar-refractivity contribution < 1.29 is 18.9 Å². The van der Waals surface area contributed by atoms with Crippen LogP contribution in [0.4, 0.5) is 0 Å². The number of phosphoric ester groups is 1. The van der Waals surface area contributed by atoms with Crippen molar-refractivity contribution in [1.29, 1.82) is 0 Å². The third kappa shape index (κ3) is 36.3. The Morgan fingerprint density at radius 2 is 0.643 bits per heavy atom. The molecule has 0 aliphatic heterocycles. The van der Waals surface area contributed by atoms with E-state index in [4.69, 9.17) is 9.79 Å². The van der Waals surface area contributed by atoms with Crippen LogP contribution in [0, 0.1) is 0 Å². The summed E-state index contributed by atoms with van der Waals surface area (Å²) in [5.74, 6) is 0. The van der Waals surface area contributed by atoms with Crippen LogP contribution >= 0.6 is 7.82 Å². The molecule has 0 aliphatic carbocycles. The van der Waals surface area contributed by atoms with E-state index in [9.17, 15) is 4.57 Å². The summed E-state index contributed by atoms with van der Waals surface area (Å²) in [5, 5.41) is 0. The number of hydrogen-bond donors (Lipinski definition) is 2. The van der Waals surface area contributed by atoms with Crippen LogP contribution in [-0.4, -0.2) is 40.9 Å². The maximum Gasteiger partial charge on any atom is 0.469 e. The summed E-state index contributed by atoms with van der Waals surface area (Å²) in [7, 11) is -4.29. The summed E-state index contributed by atoms with van der Waals surface area (Å²) >= 11 is 0. The van der Waals surface area contributed by atoms with Gasteiger partial charge in [-0.25, -0.2) is 4.57 Å².